The van der Waals surface area contributed by atoms with Gasteiger partial charge in [0.2, 0.25) is 5.96 Å². The molecule has 0 spiro atoms. The van der Waals surface area contributed by atoms with Crippen molar-refractivity contribution in [2.75, 3.05) is 0 Å². The van der Waals surface area contributed by atoms with Crippen molar-refractivity contribution < 1.29 is 5.11 Å². The molecule has 0 fully saturated rings. The standard InChI is InChI=1S/C20H20N6OS/c1-12-18(13(2)25-26-20(21)22)28-19(24-12)15-4-3-5-16(10-15)23-11-14-6-8-17(27)9-7-14/h3-11,27H,1-2H3,(H4,21,22,26). The van der Waals surface area contributed by atoms with Crippen LogP contribution < -0.4 is 11.5 Å². The predicted octanol–water partition coefficient (Wildman–Crippen LogP) is 3.57. The first kappa shape index (κ1) is 19.2. The molecule has 0 amide bonds. The fourth-order valence-electron chi connectivity index (χ4n) is 2.46. The minimum absolute atomic E-state index is 0.0825. The number of hydrogen-bond acceptors (Lipinski definition) is 6. The van der Waals surface area contributed by atoms with Gasteiger partial charge in [0.25, 0.3) is 0 Å². The molecule has 5 N–H and O–H groups in total. The van der Waals surface area contributed by atoms with E-state index in [9.17, 15) is 5.11 Å². The van der Waals surface area contributed by atoms with E-state index in [1.807, 2.05) is 38.1 Å². The first-order chi connectivity index (χ1) is 13.4. The van der Waals surface area contributed by atoms with E-state index >= 15 is 0 Å². The summed E-state index contributed by atoms with van der Waals surface area (Å²) in [5.74, 6) is 0.147. The Labute approximate surface area is 166 Å². The first-order valence-electron chi connectivity index (χ1n) is 8.47. The second-order valence-corrected chi connectivity index (χ2v) is 7.04. The highest BCUT2D eigenvalue weighted by Gasteiger charge is 2.12. The number of nitrogens with two attached hydrogens (primary N) is 2. The number of aryl methyl sites for hydroxylation is 1. The minimum Gasteiger partial charge on any atom is -0.508 e. The summed E-state index contributed by atoms with van der Waals surface area (Å²) in [6.45, 7) is 3.77. The van der Waals surface area contributed by atoms with E-state index in [0.717, 1.165) is 32.4 Å². The summed E-state index contributed by atoms with van der Waals surface area (Å²) in [6.07, 6.45) is 1.75. The molecule has 0 aliphatic carbocycles. The summed E-state index contributed by atoms with van der Waals surface area (Å²) in [7, 11) is 0. The summed E-state index contributed by atoms with van der Waals surface area (Å²) in [6, 6.07) is 14.7. The number of rotatable bonds is 5. The molecule has 3 aromatic rings. The van der Waals surface area contributed by atoms with Crippen molar-refractivity contribution in [3.05, 3.63) is 64.7 Å². The average Bonchev–Trinajstić information content (AvgIpc) is 3.08. The smallest absolute Gasteiger partial charge is 0.211 e. The Morgan fingerprint density at radius 3 is 2.57 bits per heavy atom. The largest absolute Gasteiger partial charge is 0.508 e. The number of thiazole rings is 1. The van der Waals surface area contributed by atoms with E-state index < -0.39 is 0 Å². The van der Waals surface area contributed by atoms with Crippen LogP contribution in [0.3, 0.4) is 0 Å². The van der Waals surface area contributed by atoms with E-state index in [-0.39, 0.29) is 11.7 Å². The van der Waals surface area contributed by atoms with Gasteiger partial charge in [0, 0.05) is 11.8 Å². The topological polar surface area (TPSA) is 122 Å². The van der Waals surface area contributed by atoms with E-state index in [1.165, 1.54) is 11.3 Å². The number of benzene rings is 2. The summed E-state index contributed by atoms with van der Waals surface area (Å²) < 4.78 is 0. The van der Waals surface area contributed by atoms with Gasteiger partial charge in [-0.15, -0.1) is 16.4 Å². The Bertz CT molecular complexity index is 1060. The minimum atomic E-state index is -0.0825. The number of guanidine groups is 1. The zero-order valence-electron chi connectivity index (χ0n) is 15.5. The normalized spacial score (nSPS) is 11.7. The van der Waals surface area contributed by atoms with E-state index in [4.69, 9.17) is 11.5 Å². The van der Waals surface area contributed by atoms with Crippen molar-refractivity contribution in [1.29, 1.82) is 0 Å². The second-order valence-electron chi connectivity index (χ2n) is 6.04. The lowest BCUT2D eigenvalue weighted by molar-refractivity contribution is 0.475. The fraction of sp³-hybridized carbons (Fsp3) is 0.100. The lowest BCUT2D eigenvalue weighted by atomic mass is 10.2. The van der Waals surface area contributed by atoms with E-state index in [0.29, 0.717) is 5.71 Å². The number of phenolic OH excluding ortho intramolecular Hbond substituents is 1. The summed E-state index contributed by atoms with van der Waals surface area (Å²) in [5.41, 5.74) is 14.9. The van der Waals surface area contributed by atoms with Crippen LogP contribution in [0.4, 0.5) is 5.69 Å². The monoisotopic (exact) mass is 392 g/mol. The van der Waals surface area contributed by atoms with Crippen molar-refractivity contribution in [1.82, 2.24) is 4.98 Å². The highest BCUT2D eigenvalue weighted by atomic mass is 32.1. The molecule has 1 heterocycles. The molecule has 1 aromatic heterocycles. The Balaban J connectivity index is 1.86. The zero-order chi connectivity index (χ0) is 20.1. The molecule has 0 saturated heterocycles. The van der Waals surface area contributed by atoms with Crippen molar-refractivity contribution in [2.45, 2.75) is 13.8 Å². The van der Waals surface area contributed by atoms with Gasteiger partial charge in [-0.3, -0.25) is 4.99 Å². The maximum Gasteiger partial charge on any atom is 0.211 e. The number of aromatic hydroxyl groups is 1. The maximum atomic E-state index is 9.35. The molecular weight excluding hydrogens is 372 g/mol. The summed E-state index contributed by atoms with van der Waals surface area (Å²) >= 11 is 1.52. The van der Waals surface area contributed by atoms with Crippen molar-refractivity contribution >= 4 is 34.9 Å². The van der Waals surface area contributed by atoms with Gasteiger partial charge >= 0.3 is 0 Å². The number of aromatic nitrogens is 1. The molecule has 142 valence electrons. The number of nitrogens with zero attached hydrogens (tertiary/aromatic N) is 4. The highest BCUT2D eigenvalue weighted by molar-refractivity contribution is 7.17. The molecule has 0 atom stereocenters. The van der Waals surface area contributed by atoms with Crippen LogP contribution >= 0.6 is 11.3 Å². The molecule has 0 aliphatic heterocycles. The van der Waals surface area contributed by atoms with Crippen molar-refractivity contribution in [3.8, 4) is 16.3 Å². The van der Waals surface area contributed by atoms with Gasteiger partial charge in [-0.05, 0) is 55.8 Å². The van der Waals surface area contributed by atoms with Crippen molar-refractivity contribution in [2.24, 2.45) is 26.7 Å². The Kier molecular flexibility index (Phi) is 5.81. The van der Waals surface area contributed by atoms with Crippen LogP contribution in [0.15, 0.2) is 63.7 Å². The van der Waals surface area contributed by atoms with Crippen LogP contribution in [0.5, 0.6) is 5.75 Å². The Hall–Kier alpha value is -3.52. The van der Waals surface area contributed by atoms with Gasteiger partial charge in [-0.25, -0.2) is 4.98 Å². The fourth-order valence-corrected chi connectivity index (χ4v) is 3.47. The Morgan fingerprint density at radius 1 is 1.11 bits per heavy atom. The zero-order valence-corrected chi connectivity index (χ0v) is 16.3. The first-order valence-corrected chi connectivity index (χ1v) is 9.28. The average molecular weight is 392 g/mol. The molecule has 0 aliphatic rings. The lowest BCUT2D eigenvalue weighted by Crippen LogP contribution is -2.22. The molecule has 2 aromatic carbocycles. The van der Waals surface area contributed by atoms with Crippen LogP contribution in [0.2, 0.25) is 0 Å². The van der Waals surface area contributed by atoms with Crippen LogP contribution in [0, 0.1) is 6.92 Å². The Morgan fingerprint density at radius 2 is 1.86 bits per heavy atom. The molecular formula is C20H20N6OS. The maximum absolute atomic E-state index is 9.35. The van der Waals surface area contributed by atoms with Gasteiger partial charge in [0.15, 0.2) is 0 Å². The predicted molar refractivity (Wildman–Crippen MR) is 116 cm³/mol. The van der Waals surface area contributed by atoms with E-state index in [2.05, 4.69) is 20.2 Å². The molecule has 28 heavy (non-hydrogen) atoms. The molecule has 0 unspecified atom stereocenters. The number of aliphatic imine (C=N–C) groups is 1. The van der Waals surface area contributed by atoms with Crippen LogP contribution in [0.25, 0.3) is 10.6 Å². The van der Waals surface area contributed by atoms with Gasteiger partial charge in [0.05, 0.1) is 22.0 Å². The lowest BCUT2D eigenvalue weighted by Gasteiger charge is -1.99. The molecule has 0 radical (unpaired) electrons. The van der Waals surface area contributed by atoms with Crippen LogP contribution in [-0.2, 0) is 0 Å². The second kappa shape index (κ2) is 8.45. The van der Waals surface area contributed by atoms with Gasteiger partial charge < -0.3 is 16.6 Å². The highest BCUT2D eigenvalue weighted by Crippen LogP contribution is 2.30. The molecule has 0 bridgehead atoms. The third kappa shape index (κ3) is 4.80. The van der Waals surface area contributed by atoms with Crippen molar-refractivity contribution in [3.63, 3.8) is 0 Å². The van der Waals surface area contributed by atoms with E-state index in [1.54, 1.807) is 30.5 Å². The quantitative estimate of drug-likeness (QED) is 0.349. The van der Waals surface area contributed by atoms with Gasteiger partial charge in [-0.2, -0.15) is 5.10 Å². The number of phenols is 1. The number of hydrogen-bond donors (Lipinski definition) is 3. The molecule has 8 heteroatoms. The summed E-state index contributed by atoms with van der Waals surface area (Å²) in [5, 5.41) is 18.0. The van der Waals surface area contributed by atoms with Gasteiger partial charge in [0.1, 0.15) is 10.8 Å². The third-order valence-electron chi connectivity index (χ3n) is 3.79. The SMILES string of the molecule is CC(=NN=C(N)N)c1sc(-c2cccc(N=Cc3ccc(O)cc3)c2)nc1C. The summed E-state index contributed by atoms with van der Waals surface area (Å²) in [4.78, 5) is 10.1. The van der Waals surface area contributed by atoms with Crippen LogP contribution in [0.1, 0.15) is 23.1 Å². The molecule has 7 nitrogen and oxygen atoms in total. The molecule has 0 saturated carbocycles. The van der Waals surface area contributed by atoms with Crippen LogP contribution in [-0.4, -0.2) is 28.0 Å². The molecule has 3 rings (SSSR count). The third-order valence-corrected chi connectivity index (χ3v) is 5.10. The van der Waals surface area contributed by atoms with Gasteiger partial charge in [-0.1, -0.05) is 12.1 Å².